The van der Waals surface area contributed by atoms with Crippen molar-refractivity contribution in [3.63, 3.8) is 0 Å². The van der Waals surface area contributed by atoms with Gasteiger partial charge in [0.25, 0.3) is 5.91 Å². The van der Waals surface area contributed by atoms with E-state index in [1.165, 1.54) is 7.05 Å². The molecule has 0 unspecified atom stereocenters. The molecule has 1 aromatic rings. The summed E-state index contributed by atoms with van der Waals surface area (Å²) in [7, 11) is -2.75. The van der Waals surface area contributed by atoms with Crippen molar-refractivity contribution in [2.45, 2.75) is 31.2 Å². The number of carbonyl (C=O) groups excluding carboxylic acids is 2. The molecule has 7 nitrogen and oxygen atoms in total. The van der Waals surface area contributed by atoms with Gasteiger partial charge in [-0.1, -0.05) is 6.92 Å². The minimum absolute atomic E-state index is 0.0438. The highest BCUT2D eigenvalue weighted by molar-refractivity contribution is 7.89. The monoisotopic (exact) mass is 360 g/mol. The Morgan fingerprint density at radius 2 is 1.88 bits per heavy atom. The number of hydrogen-bond donors (Lipinski definition) is 1. The smallest absolute Gasteiger partial charge is 0.321 e. The van der Waals surface area contributed by atoms with E-state index in [1.54, 1.807) is 0 Å². The highest BCUT2D eigenvalue weighted by atomic mass is 32.2. The molecule has 0 aliphatic carbocycles. The second-order valence-electron chi connectivity index (χ2n) is 5.25. The number of rotatable bonds is 8. The van der Waals surface area contributed by atoms with Crippen molar-refractivity contribution in [2.75, 3.05) is 20.2 Å². The molecule has 134 valence electrons. The van der Waals surface area contributed by atoms with Crippen molar-refractivity contribution in [3.8, 4) is 0 Å². The number of esters is 1. The summed E-state index contributed by atoms with van der Waals surface area (Å²) in [6.45, 7) is 2.67. The second kappa shape index (κ2) is 8.74. The number of nitrogens with one attached hydrogen (secondary N) is 1. The maximum absolute atomic E-state index is 12.9. The van der Waals surface area contributed by atoms with Crippen molar-refractivity contribution < 1.29 is 27.1 Å². The summed E-state index contributed by atoms with van der Waals surface area (Å²) in [5.41, 5.74) is 0. The summed E-state index contributed by atoms with van der Waals surface area (Å²) >= 11 is 0. The van der Waals surface area contributed by atoms with Crippen LogP contribution in [0, 0.1) is 5.82 Å². The van der Waals surface area contributed by atoms with E-state index >= 15 is 0 Å². The molecule has 1 amide bonds. The number of ether oxygens (including phenoxy) is 1. The Bertz CT molecular complexity index is 676. The first kappa shape index (κ1) is 20.0. The minimum atomic E-state index is -3.95. The quantitative estimate of drug-likeness (QED) is 0.696. The first-order chi connectivity index (χ1) is 11.2. The maximum atomic E-state index is 12.9. The summed E-state index contributed by atoms with van der Waals surface area (Å²) in [4.78, 5) is 23.0. The van der Waals surface area contributed by atoms with E-state index in [9.17, 15) is 22.4 Å². The van der Waals surface area contributed by atoms with Crippen LogP contribution < -0.4 is 5.32 Å². The summed E-state index contributed by atoms with van der Waals surface area (Å²) in [5.74, 6) is -1.88. The Morgan fingerprint density at radius 1 is 1.29 bits per heavy atom. The molecule has 24 heavy (non-hydrogen) atoms. The largest absolute Gasteiger partial charge is 0.455 e. The van der Waals surface area contributed by atoms with E-state index in [2.05, 4.69) is 5.32 Å². The molecular formula is C15H21FN2O5S. The van der Waals surface area contributed by atoms with Gasteiger partial charge in [-0.2, -0.15) is 4.31 Å². The van der Waals surface area contributed by atoms with Crippen LogP contribution in [0.3, 0.4) is 0 Å². The Morgan fingerprint density at radius 3 is 2.42 bits per heavy atom. The van der Waals surface area contributed by atoms with Crippen molar-refractivity contribution in [2.24, 2.45) is 0 Å². The summed E-state index contributed by atoms with van der Waals surface area (Å²) in [5, 5.41) is 2.62. The lowest BCUT2D eigenvalue weighted by atomic mass is 10.2. The molecule has 0 spiro atoms. The van der Waals surface area contributed by atoms with Crippen LogP contribution >= 0.6 is 0 Å². The summed E-state index contributed by atoms with van der Waals surface area (Å²) in [6, 6.07) is 4.19. The fraction of sp³-hybridized carbons (Fsp3) is 0.467. The summed E-state index contributed by atoms with van der Waals surface area (Å²) < 4.78 is 42.8. The van der Waals surface area contributed by atoms with E-state index in [4.69, 9.17) is 4.74 Å². The molecule has 0 bridgehead atoms. The molecule has 0 saturated carbocycles. The highest BCUT2D eigenvalue weighted by Crippen LogP contribution is 2.14. The first-order valence-corrected chi connectivity index (χ1v) is 8.77. The molecule has 0 fully saturated rings. The zero-order valence-corrected chi connectivity index (χ0v) is 14.6. The molecule has 0 heterocycles. The molecule has 1 atom stereocenters. The topological polar surface area (TPSA) is 92.8 Å². The van der Waals surface area contributed by atoms with Gasteiger partial charge in [-0.25, -0.2) is 12.8 Å². The fourth-order valence-corrected chi connectivity index (χ4v) is 2.78. The lowest BCUT2D eigenvalue weighted by molar-refractivity contribution is -0.148. The lowest BCUT2D eigenvalue weighted by Gasteiger charge is -2.16. The third-order valence-corrected chi connectivity index (χ3v) is 5.08. The van der Waals surface area contributed by atoms with Gasteiger partial charge in [0, 0.05) is 13.1 Å². The van der Waals surface area contributed by atoms with E-state index in [1.807, 2.05) is 13.8 Å². The Kier molecular flexibility index (Phi) is 7.30. The number of hydrogen-bond acceptors (Lipinski definition) is 5. The van der Waals surface area contributed by atoms with Crippen molar-refractivity contribution in [1.29, 1.82) is 0 Å². The zero-order valence-electron chi connectivity index (χ0n) is 13.8. The lowest BCUT2D eigenvalue weighted by Crippen LogP contribution is -2.37. The third kappa shape index (κ3) is 5.89. The molecule has 1 rings (SSSR count). The van der Waals surface area contributed by atoms with Gasteiger partial charge in [-0.3, -0.25) is 9.59 Å². The van der Waals surface area contributed by atoms with Gasteiger partial charge >= 0.3 is 5.97 Å². The SMILES string of the molecule is CC[C@H](C)NC(=O)COC(=O)CN(C)S(=O)(=O)c1ccc(F)cc1. The molecule has 0 aliphatic heterocycles. The predicted octanol–water partition coefficient (Wildman–Crippen LogP) is 0.904. The van der Waals surface area contributed by atoms with Crippen molar-refractivity contribution >= 4 is 21.9 Å². The Labute approximate surface area is 140 Å². The van der Waals surface area contributed by atoms with E-state index < -0.39 is 40.9 Å². The maximum Gasteiger partial charge on any atom is 0.321 e. The van der Waals surface area contributed by atoms with Crippen LogP contribution in [0.25, 0.3) is 0 Å². The van der Waals surface area contributed by atoms with Crippen LogP contribution in [0.2, 0.25) is 0 Å². The molecule has 1 aromatic carbocycles. The highest BCUT2D eigenvalue weighted by Gasteiger charge is 2.24. The van der Waals surface area contributed by atoms with Gasteiger partial charge < -0.3 is 10.1 Å². The van der Waals surface area contributed by atoms with E-state index in [0.717, 1.165) is 35.0 Å². The number of carbonyl (C=O) groups is 2. The number of sulfonamides is 1. The van der Waals surface area contributed by atoms with Crippen LogP contribution in [0.5, 0.6) is 0 Å². The van der Waals surface area contributed by atoms with Gasteiger partial charge in [0.2, 0.25) is 10.0 Å². The van der Waals surface area contributed by atoms with Gasteiger partial charge in [-0.05, 0) is 37.6 Å². The van der Waals surface area contributed by atoms with Gasteiger partial charge in [0.05, 0.1) is 4.90 Å². The first-order valence-electron chi connectivity index (χ1n) is 7.33. The molecular weight excluding hydrogens is 339 g/mol. The number of nitrogens with zero attached hydrogens (tertiary/aromatic N) is 1. The minimum Gasteiger partial charge on any atom is -0.455 e. The van der Waals surface area contributed by atoms with E-state index in [-0.39, 0.29) is 10.9 Å². The van der Waals surface area contributed by atoms with Crippen molar-refractivity contribution in [3.05, 3.63) is 30.1 Å². The van der Waals surface area contributed by atoms with Gasteiger partial charge in [0.1, 0.15) is 12.4 Å². The number of benzene rings is 1. The molecule has 0 aliphatic rings. The predicted molar refractivity (Wildman–Crippen MR) is 85.1 cm³/mol. The molecule has 9 heteroatoms. The number of likely N-dealkylation sites (N-methyl/N-ethyl adjacent to an activating group) is 1. The molecule has 1 N–H and O–H groups in total. The number of amides is 1. The molecule has 0 radical (unpaired) electrons. The average Bonchev–Trinajstić information content (AvgIpc) is 2.53. The Balaban J connectivity index is 2.57. The average molecular weight is 360 g/mol. The summed E-state index contributed by atoms with van der Waals surface area (Å²) in [6.07, 6.45) is 0.734. The molecule has 0 saturated heterocycles. The van der Waals surface area contributed by atoms with Crippen LogP contribution in [0.15, 0.2) is 29.2 Å². The van der Waals surface area contributed by atoms with Crippen LogP contribution in [0.1, 0.15) is 20.3 Å². The van der Waals surface area contributed by atoms with Gasteiger partial charge in [0.15, 0.2) is 6.61 Å². The second-order valence-corrected chi connectivity index (χ2v) is 7.30. The fourth-order valence-electron chi connectivity index (χ4n) is 1.66. The third-order valence-electron chi connectivity index (χ3n) is 3.26. The standard InChI is InChI=1S/C15H21FN2O5S/c1-4-11(2)17-14(19)10-23-15(20)9-18(3)24(21,22)13-7-5-12(16)6-8-13/h5-8,11H,4,9-10H2,1-3H3,(H,17,19)/t11-/m0/s1. The van der Waals surface area contributed by atoms with Crippen LogP contribution in [0.4, 0.5) is 4.39 Å². The van der Waals surface area contributed by atoms with E-state index in [0.29, 0.717) is 0 Å². The zero-order chi connectivity index (χ0) is 18.3. The normalized spacial score (nSPS) is 12.7. The van der Waals surface area contributed by atoms with Crippen molar-refractivity contribution in [1.82, 2.24) is 9.62 Å². The van der Waals surface area contributed by atoms with Crippen LogP contribution in [-0.2, 0) is 24.3 Å². The molecule has 0 aromatic heterocycles. The Hall–Kier alpha value is -2.00. The number of halogens is 1. The van der Waals surface area contributed by atoms with Gasteiger partial charge in [-0.15, -0.1) is 0 Å². The van der Waals surface area contributed by atoms with Crippen LogP contribution in [-0.4, -0.2) is 50.8 Å².